The normalized spacial score (nSPS) is 12.5. The molecule has 4 N–H and O–H groups in total. The van der Waals surface area contributed by atoms with Gasteiger partial charge in [-0.1, -0.05) is 83.9 Å². The first-order chi connectivity index (χ1) is 33.3. The molecule has 2 heterocycles. The van der Waals surface area contributed by atoms with Crippen LogP contribution in [0.2, 0.25) is 0 Å². The zero-order chi connectivity index (χ0) is 48.6. The Hall–Kier alpha value is -8.00. The number of nitrogens with zero attached hydrogens (tertiary/aromatic N) is 2. The Kier molecular flexibility index (Phi) is 14.7. The van der Waals surface area contributed by atoms with E-state index in [9.17, 15) is 37.5 Å². The topological polar surface area (TPSA) is 157 Å². The molecule has 14 heteroatoms. The number of carbonyl (C=O) groups excluding carboxylic acids is 6. The molecular weight excluding hydrogens is 879 g/mol. The number of hydrogen-bond donors (Lipinski definition) is 4. The van der Waals surface area contributed by atoms with E-state index in [0.29, 0.717) is 35.1 Å². The molecule has 2 aliphatic heterocycles. The molecule has 0 atom stereocenters. The Labute approximate surface area is 399 Å². The third kappa shape index (κ3) is 11.9. The number of amides is 6. The predicted octanol–water partition coefficient (Wildman–Crippen LogP) is 7.16. The van der Waals surface area contributed by atoms with Gasteiger partial charge >= 0.3 is 0 Å². The smallest absolute Gasteiger partial charge is 0.252 e. The summed E-state index contributed by atoms with van der Waals surface area (Å²) in [4.78, 5) is 85.7. The van der Waals surface area contributed by atoms with Crippen molar-refractivity contribution in [3.05, 3.63) is 211 Å². The molecule has 0 aliphatic carbocycles. The van der Waals surface area contributed by atoms with Gasteiger partial charge in [0.25, 0.3) is 23.6 Å². The highest BCUT2D eigenvalue weighted by atomic mass is 19.1. The zero-order valence-electron chi connectivity index (χ0n) is 38.4. The largest absolute Gasteiger partial charge is 0.352 e. The molecule has 0 aromatic heterocycles. The summed E-state index contributed by atoms with van der Waals surface area (Å²) >= 11 is 0. The fourth-order valence-electron chi connectivity index (χ4n) is 8.46. The van der Waals surface area contributed by atoms with Crippen LogP contribution in [-0.4, -0.2) is 58.3 Å². The van der Waals surface area contributed by atoms with Gasteiger partial charge in [0.15, 0.2) is 0 Å². The van der Waals surface area contributed by atoms with Crippen molar-refractivity contribution < 1.29 is 37.5 Å². The number of benzene rings is 6. The van der Waals surface area contributed by atoms with Gasteiger partial charge in [0, 0.05) is 52.4 Å². The number of fused-ring (bicyclic) bond motifs is 2. The van der Waals surface area contributed by atoms with Crippen LogP contribution in [0.25, 0.3) is 0 Å². The molecular formula is C55H52F2N6O6. The van der Waals surface area contributed by atoms with Crippen LogP contribution in [0, 0.1) is 25.5 Å². The van der Waals surface area contributed by atoms with Gasteiger partial charge in [-0.15, -0.1) is 0 Å². The van der Waals surface area contributed by atoms with Gasteiger partial charge in [0.2, 0.25) is 11.8 Å². The van der Waals surface area contributed by atoms with Crippen LogP contribution < -0.4 is 21.3 Å². The highest BCUT2D eigenvalue weighted by Gasteiger charge is 2.33. The molecule has 0 unspecified atom stereocenters. The molecule has 0 saturated heterocycles. The number of aryl methyl sites for hydroxylation is 2. The van der Waals surface area contributed by atoms with E-state index >= 15 is 0 Å². The standard InChI is InChI=1S/C55H52F2N6O6/c1-34-3-7-38(8-4-34)28-60-54(68)48-25-42-32-62(30-40(42)23-46(48)52(66)58-21-19-36-11-15-44(56)16-12-36)50(64)27-51(65)63-31-41-24-47(53(67)59-22-20-37-13-17-45(57)18-14-37)49(26-43(41)33-63)55(69)61-29-39-9-5-35(2)6-10-39/h3-18,23-26H,19-22,27-33H2,1-2H3,(H,58,66)(H,59,67)(H,60,68)(H,61,69). The van der Waals surface area contributed by atoms with Crippen molar-refractivity contribution in [2.24, 2.45) is 0 Å². The molecule has 2 aliphatic rings. The molecule has 6 amide bonds. The SMILES string of the molecule is Cc1ccc(CNC(=O)c2cc3c(cc2C(=O)NCCc2ccc(F)cc2)CN(C(=O)CC(=O)N2Cc4cc(C(=O)NCCc5ccc(F)cc5)c(C(=O)NCc5ccc(C)cc5)cc4C2)C3)cc1. The average Bonchev–Trinajstić information content (AvgIpc) is 3.98. The van der Waals surface area contributed by atoms with E-state index in [-0.39, 0.29) is 86.2 Å². The summed E-state index contributed by atoms with van der Waals surface area (Å²) in [6.45, 7) is 5.32. The maximum atomic E-state index is 13.9. The van der Waals surface area contributed by atoms with Gasteiger partial charge in [-0.05, 0) is 120 Å². The number of halogens is 2. The molecule has 8 rings (SSSR count). The lowest BCUT2D eigenvalue weighted by atomic mass is 9.98. The molecule has 0 saturated carbocycles. The van der Waals surface area contributed by atoms with Crippen molar-refractivity contribution in [3.63, 3.8) is 0 Å². The van der Waals surface area contributed by atoms with Gasteiger partial charge in [-0.3, -0.25) is 28.8 Å². The number of carbonyl (C=O) groups is 6. The van der Waals surface area contributed by atoms with Crippen molar-refractivity contribution in [1.29, 1.82) is 0 Å². The minimum atomic E-state index is -0.480. The van der Waals surface area contributed by atoms with E-state index in [1.54, 1.807) is 48.5 Å². The molecule has 69 heavy (non-hydrogen) atoms. The van der Waals surface area contributed by atoms with Crippen molar-refractivity contribution in [2.45, 2.75) is 72.4 Å². The van der Waals surface area contributed by atoms with Gasteiger partial charge in [0.05, 0.1) is 22.3 Å². The average molecular weight is 931 g/mol. The highest BCUT2D eigenvalue weighted by Crippen LogP contribution is 2.30. The number of rotatable bonds is 16. The third-order valence-electron chi connectivity index (χ3n) is 12.5. The van der Waals surface area contributed by atoms with Crippen molar-refractivity contribution in [2.75, 3.05) is 13.1 Å². The van der Waals surface area contributed by atoms with Crippen LogP contribution in [0.5, 0.6) is 0 Å². The van der Waals surface area contributed by atoms with Crippen LogP contribution in [-0.2, 0) is 61.7 Å². The van der Waals surface area contributed by atoms with E-state index in [1.807, 2.05) is 62.4 Å². The molecule has 0 bridgehead atoms. The number of hydrogen-bond acceptors (Lipinski definition) is 6. The summed E-state index contributed by atoms with van der Waals surface area (Å²) in [5, 5.41) is 11.6. The second kappa shape index (κ2) is 21.3. The molecule has 6 aromatic rings. The first-order valence-corrected chi connectivity index (χ1v) is 22.9. The van der Waals surface area contributed by atoms with Gasteiger partial charge in [-0.2, -0.15) is 0 Å². The summed E-state index contributed by atoms with van der Waals surface area (Å²) in [5.41, 5.74) is 8.80. The Morgan fingerprint density at radius 3 is 1.03 bits per heavy atom. The molecule has 0 spiro atoms. The Morgan fingerprint density at radius 1 is 0.420 bits per heavy atom. The monoisotopic (exact) mass is 930 g/mol. The van der Waals surface area contributed by atoms with Crippen LogP contribution >= 0.6 is 0 Å². The van der Waals surface area contributed by atoms with Crippen LogP contribution in [0.3, 0.4) is 0 Å². The van der Waals surface area contributed by atoms with E-state index in [4.69, 9.17) is 0 Å². The summed E-state index contributed by atoms with van der Waals surface area (Å²) in [6, 6.07) is 33.9. The van der Waals surface area contributed by atoms with Gasteiger partial charge < -0.3 is 31.1 Å². The molecule has 0 fully saturated rings. The second-order valence-corrected chi connectivity index (χ2v) is 17.6. The van der Waals surface area contributed by atoms with Crippen molar-refractivity contribution >= 4 is 35.4 Å². The molecule has 12 nitrogen and oxygen atoms in total. The summed E-state index contributed by atoms with van der Waals surface area (Å²) in [6.07, 6.45) is 0.418. The third-order valence-corrected chi connectivity index (χ3v) is 12.5. The maximum absolute atomic E-state index is 13.9. The maximum Gasteiger partial charge on any atom is 0.252 e. The summed E-state index contributed by atoms with van der Waals surface area (Å²) in [5.74, 6) is -3.50. The lowest BCUT2D eigenvalue weighted by molar-refractivity contribution is -0.141. The van der Waals surface area contributed by atoms with Crippen LogP contribution in [0.15, 0.2) is 121 Å². The Morgan fingerprint density at radius 2 is 0.710 bits per heavy atom. The first kappa shape index (κ1) is 47.5. The van der Waals surface area contributed by atoms with E-state index in [1.165, 1.54) is 34.1 Å². The van der Waals surface area contributed by atoms with Gasteiger partial charge in [-0.25, -0.2) is 8.78 Å². The highest BCUT2D eigenvalue weighted by molar-refractivity contribution is 6.09. The van der Waals surface area contributed by atoms with E-state index in [2.05, 4.69) is 21.3 Å². The Bertz CT molecular complexity index is 2720. The number of nitrogens with one attached hydrogen (secondary N) is 4. The minimum absolute atomic E-state index is 0.115. The molecule has 0 radical (unpaired) electrons. The lowest BCUT2D eigenvalue weighted by Crippen LogP contribution is -2.33. The first-order valence-electron chi connectivity index (χ1n) is 22.9. The van der Waals surface area contributed by atoms with Crippen molar-refractivity contribution in [1.82, 2.24) is 31.1 Å². The molecule has 352 valence electrons. The van der Waals surface area contributed by atoms with E-state index in [0.717, 1.165) is 33.4 Å². The fraction of sp³-hybridized carbons (Fsp3) is 0.236. The quantitative estimate of drug-likeness (QED) is 0.0756. The minimum Gasteiger partial charge on any atom is -0.352 e. The Balaban J connectivity index is 0.942. The van der Waals surface area contributed by atoms with Crippen LogP contribution in [0.1, 0.15) is 103 Å². The predicted molar refractivity (Wildman–Crippen MR) is 256 cm³/mol. The zero-order valence-corrected chi connectivity index (χ0v) is 38.4. The van der Waals surface area contributed by atoms with Crippen LogP contribution in [0.4, 0.5) is 8.78 Å². The lowest BCUT2D eigenvalue weighted by Gasteiger charge is -2.19. The molecule has 6 aromatic carbocycles. The second-order valence-electron chi connectivity index (χ2n) is 17.6. The van der Waals surface area contributed by atoms with E-state index < -0.39 is 41.9 Å². The van der Waals surface area contributed by atoms with Crippen molar-refractivity contribution in [3.8, 4) is 0 Å². The van der Waals surface area contributed by atoms with Gasteiger partial charge in [0.1, 0.15) is 18.1 Å². The summed E-state index contributed by atoms with van der Waals surface area (Å²) < 4.78 is 26.9. The summed E-state index contributed by atoms with van der Waals surface area (Å²) in [7, 11) is 0. The fourth-order valence-corrected chi connectivity index (χ4v) is 8.46.